The van der Waals surface area contributed by atoms with Crippen molar-refractivity contribution in [1.82, 2.24) is 4.72 Å². The fourth-order valence-electron chi connectivity index (χ4n) is 3.07. The Balaban J connectivity index is 1.73. The second kappa shape index (κ2) is 8.64. The Labute approximate surface area is 175 Å². The average Bonchev–Trinajstić information content (AvgIpc) is 2.72. The van der Waals surface area contributed by atoms with Gasteiger partial charge >= 0.3 is 0 Å². The van der Waals surface area contributed by atoms with Gasteiger partial charge in [-0.3, -0.25) is 9.59 Å². The predicted octanol–water partition coefficient (Wildman–Crippen LogP) is 3.13. The van der Waals surface area contributed by atoms with E-state index in [1.165, 1.54) is 43.0 Å². The zero-order chi connectivity index (χ0) is 21.9. The summed E-state index contributed by atoms with van der Waals surface area (Å²) in [5.74, 6) is -0.636. The minimum Gasteiger partial charge on any atom is -0.326 e. The van der Waals surface area contributed by atoms with Gasteiger partial charge in [-0.05, 0) is 54.1 Å². The second-order valence-electron chi connectivity index (χ2n) is 6.98. The maximum absolute atomic E-state index is 12.8. The molecule has 0 aromatic heterocycles. The smallest absolute Gasteiger partial charge is 0.244 e. The summed E-state index contributed by atoms with van der Waals surface area (Å²) in [4.78, 5) is 25.3. The molecule has 0 aliphatic carbocycles. The van der Waals surface area contributed by atoms with Gasteiger partial charge in [0.15, 0.2) is 0 Å². The lowest BCUT2D eigenvalue weighted by Gasteiger charge is -2.22. The van der Waals surface area contributed by atoms with E-state index >= 15 is 0 Å². The summed E-state index contributed by atoms with van der Waals surface area (Å²) < 4.78 is 27.7. The summed E-state index contributed by atoms with van der Waals surface area (Å²) in [5.41, 5.74) is 1.16. The van der Waals surface area contributed by atoms with E-state index in [2.05, 4.69) is 10.0 Å². The fourth-order valence-corrected chi connectivity index (χ4v) is 4.27. The molecular formula is C22H23N3O4S. The summed E-state index contributed by atoms with van der Waals surface area (Å²) in [6, 6.07) is 18.2. The Morgan fingerprint density at radius 1 is 0.933 bits per heavy atom. The van der Waals surface area contributed by atoms with Crippen molar-refractivity contribution in [3.05, 3.63) is 66.7 Å². The summed E-state index contributed by atoms with van der Waals surface area (Å²) in [7, 11) is -2.30. The first kappa shape index (κ1) is 21.5. The number of amides is 2. The lowest BCUT2D eigenvalue weighted by Crippen LogP contribution is -2.45. The molecule has 0 bridgehead atoms. The van der Waals surface area contributed by atoms with Crippen molar-refractivity contribution in [2.75, 3.05) is 17.3 Å². The van der Waals surface area contributed by atoms with Crippen molar-refractivity contribution in [2.24, 2.45) is 0 Å². The van der Waals surface area contributed by atoms with Gasteiger partial charge < -0.3 is 10.2 Å². The molecule has 3 rings (SSSR count). The molecule has 156 valence electrons. The molecule has 0 fully saturated rings. The van der Waals surface area contributed by atoms with E-state index in [1.807, 2.05) is 42.5 Å². The molecule has 0 unspecified atom stereocenters. The zero-order valence-corrected chi connectivity index (χ0v) is 17.7. The molecule has 0 aliphatic rings. The van der Waals surface area contributed by atoms with Crippen molar-refractivity contribution < 1.29 is 18.0 Å². The fraction of sp³-hybridized carbons (Fsp3) is 0.182. The van der Waals surface area contributed by atoms with Crippen LogP contribution < -0.4 is 14.9 Å². The topological polar surface area (TPSA) is 95.6 Å². The Morgan fingerprint density at radius 2 is 1.57 bits per heavy atom. The standard InChI is InChI=1S/C22H23N3O4S/c1-15(24-30(28,29)21-12-9-19(10-13-21)23-16(2)26)22(27)25(3)20-11-8-17-6-4-5-7-18(17)14-20/h4-15,24H,1-3H3,(H,23,26)/t15-/m1/s1. The molecule has 7 nitrogen and oxygen atoms in total. The Hall–Kier alpha value is -3.23. The molecule has 0 saturated carbocycles. The number of nitrogens with zero attached hydrogens (tertiary/aromatic N) is 1. The number of rotatable bonds is 6. The van der Waals surface area contributed by atoms with Crippen LogP contribution in [0.1, 0.15) is 13.8 Å². The van der Waals surface area contributed by atoms with Gasteiger partial charge in [0.2, 0.25) is 21.8 Å². The molecule has 2 amide bonds. The minimum absolute atomic E-state index is 0.00427. The van der Waals surface area contributed by atoms with E-state index in [1.54, 1.807) is 7.05 Å². The molecule has 0 saturated heterocycles. The molecule has 3 aromatic carbocycles. The third kappa shape index (κ3) is 4.84. The van der Waals surface area contributed by atoms with Crippen LogP contribution >= 0.6 is 0 Å². The minimum atomic E-state index is -3.91. The molecule has 0 aliphatic heterocycles. The number of nitrogens with one attached hydrogen (secondary N) is 2. The van der Waals surface area contributed by atoms with E-state index in [0.29, 0.717) is 11.4 Å². The van der Waals surface area contributed by atoms with Crippen LogP contribution in [0.4, 0.5) is 11.4 Å². The van der Waals surface area contributed by atoms with E-state index in [4.69, 9.17) is 0 Å². The maximum atomic E-state index is 12.8. The Kier molecular flexibility index (Phi) is 6.19. The number of likely N-dealkylation sites (N-methyl/N-ethyl adjacent to an activating group) is 1. The van der Waals surface area contributed by atoms with Crippen molar-refractivity contribution in [3.63, 3.8) is 0 Å². The van der Waals surface area contributed by atoms with Crippen molar-refractivity contribution >= 4 is 44.0 Å². The molecule has 0 heterocycles. The molecule has 0 radical (unpaired) electrons. The lowest BCUT2D eigenvalue weighted by atomic mass is 10.1. The van der Waals surface area contributed by atoms with Gasteiger partial charge in [0.25, 0.3) is 0 Å². The number of hydrogen-bond acceptors (Lipinski definition) is 4. The van der Waals surface area contributed by atoms with Crippen LogP contribution in [0.5, 0.6) is 0 Å². The van der Waals surface area contributed by atoms with Crippen molar-refractivity contribution in [2.45, 2.75) is 24.8 Å². The van der Waals surface area contributed by atoms with Gasteiger partial charge in [-0.15, -0.1) is 0 Å². The quantitative estimate of drug-likeness (QED) is 0.634. The molecule has 3 aromatic rings. The van der Waals surface area contributed by atoms with Crippen molar-refractivity contribution in [3.8, 4) is 0 Å². The zero-order valence-electron chi connectivity index (χ0n) is 16.9. The molecular weight excluding hydrogens is 402 g/mol. The highest BCUT2D eigenvalue weighted by Gasteiger charge is 2.25. The van der Waals surface area contributed by atoms with Crippen LogP contribution in [0.15, 0.2) is 71.6 Å². The number of anilines is 2. The molecule has 2 N–H and O–H groups in total. The predicted molar refractivity (Wildman–Crippen MR) is 118 cm³/mol. The monoisotopic (exact) mass is 425 g/mol. The first-order valence-electron chi connectivity index (χ1n) is 9.34. The number of carbonyl (C=O) groups excluding carboxylic acids is 2. The number of sulfonamides is 1. The van der Waals surface area contributed by atoms with Gasteiger partial charge in [-0.25, -0.2) is 8.42 Å². The summed E-state index contributed by atoms with van der Waals surface area (Å²) in [6.07, 6.45) is 0. The highest BCUT2D eigenvalue weighted by Crippen LogP contribution is 2.22. The van der Waals surface area contributed by atoms with Gasteiger partial charge in [0.05, 0.1) is 10.9 Å². The number of carbonyl (C=O) groups is 2. The van der Waals surface area contributed by atoms with Crippen LogP contribution in [0.2, 0.25) is 0 Å². The summed E-state index contributed by atoms with van der Waals surface area (Å²) in [6.45, 7) is 2.87. The number of benzene rings is 3. The number of fused-ring (bicyclic) bond motifs is 1. The van der Waals surface area contributed by atoms with Crippen LogP contribution in [0.3, 0.4) is 0 Å². The van der Waals surface area contributed by atoms with E-state index < -0.39 is 16.1 Å². The molecule has 30 heavy (non-hydrogen) atoms. The maximum Gasteiger partial charge on any atom is 0.244 e. The SMILES string of the molecule is CC(=O)Nc1ccc(S(=O)(=O)N[C@H](C)C(=O)N(C)c2ccc3ccccc3c2)cc1. The Bertz CT molecular complexity index is 1190. The average molecular weight is 426 g/mol. The lowest BCUT2D eigenvalue weighted by molar-refractivity contribution is -0.119. The highest BCUT2D eigenvalue weighted by atomic mass is 32.2. The Morgan fingerprint density at radius 3 is 2.20 bits per heavy atom. The second-order valence-corrected chi connectivity index (χ2v) is 8.69. The van der Waals surface area contributed by atoms with Crippen molar-refractivity contribution in [1.29, 1.82) is 0 Å². The van der Waals surface area contributed by atoms with Gasteiger partial charge in [0.1, 0.15) is 0 Å². The summed E-state index contributed by atoms with van der Waals surface area (Å²) in [5, 5.41) is 4.62. The van der Waals surface area contributed by atoms with E-state index in [-0.39, 0.29) is 16.7 Å². The van der Waals surface area contributed by atoms with Crippen LogP contribution in [-0.2, 0) is 19.6 Å². The van der Waals surface area contributed by atoms with Gasteiger partial charge in [-0.1, -0.05) is 30.3 Å². The third-order valence-electron chi connectivity index (χ3n) is 4.64. The first-order chi connectivity index (χ1) is 14.2. The van der Waals surface area contributed by atoms with Crippen LogP contribution in [0.25, 0.3) is 10.8 Å². The van der Waals surface area contributed by atoms with E-state index in [9.17, 15) is 18.0 Å². The molecule has 1 atom stereocenters. The number of hydrogen-bond donors (Lipinski definition) is 2. The highest BCUT2D eigenvalue weighted by molar-refractivity contribution is 7.89. The molecule has 0 spiro atoms. The normalized spacial score (nSPS) is 12.4. The van der Waals surface area contributed by atoms with Gasteiger partial charge in [0, 0.05) is 25.3 Å². The van der Waals surface area contributed by atoms with Crippen LogP contribution in [0, 0.1) is 0 Å². The van der Waals surface area contributed by atoms with E-state index in [0.717, 1.165) is 10.8 Å². The van der Waals surface area contributed by atoms with Gasteiger partial charge in [-0.2, -0.15) is 4.72 Å². The largest absolute Gasteiger partial charge is 0.326 e. The first-order valence-corrected chi connectivity index (χ1v) is 10.8. The molecule has 8 heteroatoms. The summed E-state index contributed by atoms with van der Waals surface area (Å²) >= 11 is 0. The van der Waals surface area contributed by atoms with Crippen LogP contribution in [-0.4, -0.2) is 33.3 Å². The third-order valence-corrected chi connectivity index (χ3v) is 6.19.